The van der Waals surface area contributed by atoms with Gasteiger partial charge in [-0.15, -0.1) is 0 Å². The van der Waals surface area contributed by atoms with E-state index in [-0.39, 0.29) is 0 Å². The highest BCUT2D eigenvalue weighted by Crippen LogP contribution is 2.30. The summed E-state index contributed by atoms with van der Waals surface area (Å²) in [6.07, 6.45) is -5.92. The van der Waals surface area contributed by atoms with Crippen LogP contribution in [0.4, 0.5) is 22.0 Å². The molecule has 2 N–H and O–H groups in total. The molecule has 1 atom stereocenters. The Kier molecular flexibility index (Phi) is 4.55. The van der Waals surface area contributed by atoms with Crippen LogP contribution >= 0.6 is 0 Å². The van der Waals surface area contributed by atoms with Gasteiger partial charge in [0.25, 0.3) is 0 Å². The maximum absolute atomic E-state index is 13.7. The normalized spacial score (nSPS) is 14.4. The molecule has 0 aliphatic carbocycles. The number of carboxylic acids is 1. The minimum atomic E-state index is -5.34. The van der Waals surface area contributed by atoms with Crippen molar-refractivity contribution in [1.82, 2.24) is 5.32 Å². The molecule has 0 aliphatic heterocycles. The first-order valence-corrected chi connectivity index (χ1v) is 5.63. The third-order valence-corrected chi connectivity index (χ3v) is 2.87. The zero-order valence-electron chi connectivity index (χ0n) is 10.6. The number of amides is 1. The Morgan fingerprint density at radius 1 is 1.24 bits per heavy atom. The summed E-state index contributed by atoms with van der Waals surface area (Å²) in [6, 6.07) is 1.69. The number of carbonyl (C=O) groups excluding carboxylic acids is 1. The van der Waals surface area contributed by atoms with E-state index in [9.17, 15) is 31.5 Å². The Bertz CT molecular complexity index is 573. The van der Waals surface area contributed by atoms with Crippen LogP contribution in [0, 0.1) is 11.6 Å². The Morgan fingerprint density at radius 2 is 1.81 bits per heavy atom. The van der Waals surface area contributed by atoms with Gasteiger partial charge in [0, 0.05) is 11.6 Å². The molecule has 0 saturated heterocycles. The summed E-state index contributed by atoms with van der Waals surface area (Å²) in [5.41, 5.74) is -3.42. The first-order valence-electron chi connectivity index (χ1n) is 5.63. The zero-order valence-corrected chi connectivity index (χ0v) is 10.6. The largest absolute Gasteiger partial charge is 0.479 e. The van der Waals surface area contributed by atoms with Gasteiger partial charge in [-0.05, 0) is 12.5 Å². The van der Waals surface area contributed by atoms with Gasteiger partial charge in [0.1, 0.15) is 11.6 Å². The van der Waals surface area contributed by atoms with E-state index in [2.05, 4.69) is 0 Å². The van der Waals surface area contributed by atoms with Gasteiger partial charge in [-0.25, -0.2) is 13.6 Å². The number of halogens is 5. The van der Waals surface area contributed by atoms with Gasteiger partial charge in [0.2, 0.25) is 0 Å². The molecule has 21 heavy (non-hydrogen) atoms. The van der Waals surface area contributed by atoms with Crippen LogP contribution in [0.5, 0.6) is 0 Å². The highest BCUT2D eigenvalue weighted by Gasteiger charge is 2.49. The van der Waals surface area contributed by atoms with Crippen molar-refractivity contribution in [3.05, 3.63) is 35.4 Å². The fourth-order valence-electron chi connectivity index (χ4n) is 1.77. The lowest BCUT2D eigenvalue weighted by Crippen LogP contribution is -2.55. The predicted octanol–water partition coefficient (Wildman–Crippen LogP) is 2.33. The number of carboxylic acid groups (broad SMARTS) is 1. The van der Waals surface area contributed by atoms with Gasteiger partial charge in [-0.2, -0.15) is 13.2 Å². The minimum Gasteiger partial charge on any atom is -0.479 e. The summed E-state index contributed by atoms with van der Waals surface area (Å²) in [4.78, 5) is 22.3. The average molecular weight is 311 g/mol. The van der Waals surface area contributed by atoms with Crippen LogP contribution in [0.3, 0.4) is 0 Å². The lowest BCUT2D eigenvalue weighted by atomic mass is 9.86. The van der Waals surface area contributed by atoms with Gasteiger partial charge in [0.05, 0.1) is 0 Å². The van der Waals surface area contributed by atoms with E-state index in [1.807, 2.05) is 0 Å². The number of carbonyl (C=O) groups is 2. The monoisotopic (exact) mass is 311 g/mol. The molecule has 0 aromatic heterocycles. The lowest BCUT2D eigenvalue weighted by molar-refractivity contribution is -0.178. The SMILES string of the molecule is CCC(NC(=O)C(F)(F)F)(C(=O)O)c1ccc(F)cc1F. The van der Waals surface area contributed by atoms with Crippen LogP contribution in [0.25, 0.3) is 0 Å². The second-order valence-corrected chi connectivity index (χ2v) is 4.14. The molecule has 1 amide bonds. The molecule has 1 aromatic rings. The van der Waals surface area contributed by atoms with Gasteiger partial charge >= 0.3 is 18.1 Å². The topological polar surface area (TPSA) is 66.4 Å². The zero-order chi connectivity index (χ0) is 16.4. The summed E-state index contributed by atoms with van der Waals surface area (Å²) in [6.45, 7) is 1.15. The van der Waals surface area contributed by atoms with Crippen LogP contribution < -0.4 is 5.32 Å². The van der Waals surface area contributed by atoms with Crippen molar-refractivity contribution in [1.29, 1.82) is 0 Å². The van der Waals surface area contributed by atoms with Crippen LogP contribution in [-0.4, -0.2) is 23.2 Å². The number of alkyl halides is 3. The summed E-state index contributed by atoms with van der Waals surface area (Å²) in [5, 5.41) is 10.4. The van der Waals surface area contributed by atoms with Crippen LogP contribution in [0.1, 0.15) is 18.9 Å². The molecule has 0 heterocycles. The van der Waals surface area contributed by atoms with Crippen LogP contribution in [0.2, 0.25) is 0 Å². The summed E-state index contributed by atoms with van der Waals surface area (Å²) in [5.74, 6) is -6.83. The molecule has 0 radical (unpaired) electrons. The fraction of sp³-hybridized carbons (Fsp3) is 0.333. The number of aliphatic carboxylic acids is 1. The maximum atomic E-state index is 13.7. The number of rotatable bonds is 4. The molecular formula is C12H10F5NO3. The van der Waals surface area contributed by atoms with Gasteiger partial charge in [-0.3, -0.25) is 4.79 Å². The lowest BCUT2D eigenvalue weighted by Gasteiger charge is -2.30. The molecule has 1 rings (SSSR count). The van der Waals surface area contributed by atoms with Crippen molar-refractivity contribution in [3.63, 3.8) is 0 Å². The molecule has 1 aromatic carbocycles. The second kappa shape index (κ2) is 5.66. The smallest absolute Gasteiger partial charge is 0.471 e. The third kappa shape index (κ3) is 3.29. The van der Waals surface area contributed by atoms with Crippen molar-refractivity contribution in [2.45, 2.75) is 25.1 Å². The van der Waals surface area contributed by atoms with E-state index in [1.165, 1.54) is 5.32 Å². The third-order valence-electron chi connectivity index (χ3n) is 2.87. The van der Waals surface area contributed by atoms with Gasteiger partial charge < -0.3 is 10.4 Å². The molecule has 116 valence electrons. The number of hydrogen-bond acceptors (Lipinski definition) is 2. The van der Waals surface area contributed by atoms with Crippen molar-refractivity contribution < 1.29 is 36.6 Å². The quantitative estimate of drug-likeness (QED) is 0.839. The van der Waals surface area contributed by atoms with Crippen molar-refractivity contribution in [2.24, 2.45) is 0 Å². The number of hydrogen-bond donors (Lipinski definition) is 2. The van der Waals surface area contributed by atoms with Crippen molar-refractivity contribution in [3.8, 4) is 0 Å². The summed E-state index contributed by atoms with van der Waals surface area (Å²) < 4.78 is 63.4. The standard InChI is InChI=1S/C12H10F5NO3/c1-2-11(10(20)21,18-9(19)12(15,16)17)7-4-3-6(13)5-8(7)14/h3-5H,2H2,1H3,(H,18,19)(H,20,21). The van der Waals surface area contributed by atoms with Gasteiger partial charge in [-0.1, -0.05) is 13.0 Å². The Balaban J connectivity index is 3.40. The van der Waals surface area contributed by atoms with Crippen molar-refractivity contribution >= 4 is 11.9 Å². The molecule has 0 aliphatic rings. The Labute approximate surface area is 115 Å². The molecular weight excluding hydrogens is 301 g/mol. The summed E-state index contributed by atoms with van der Waals surface area (Å²) in [7, 11) is 0. The van der Waals surface area contributed by atoms with Gasteiger partial charge in [0.15, 0.2) is 5.54 Å². The van der Waals surface area contributed by atoms with Crippen LogP contribution in [-0.2, 0) is 15.1 Å². The van der Waals surface area contributed by atoms with E-state index >= 15 is 0 Å². The minimum absolute atomic E-state index is 0.322. The molecule has 4 nitrogen and oxygen atoms in total. The van der Waals surface area contributed by atoms with E-state index in [0.717, 1.165) is 6.92 Å². The maximum Gasteiger partial charge on any atom is 0.471 e. The second-order valence-electron chi connectivity index (χ2n) is 4.14. The van der Waals surface area contributed by atoms with E-state index in [4.69, 9.17) is 5.11 Å². The number of benzene rings is 1. The Morgan fingerprint density at radius 3 is 2.19 bits per heavy atom. The molecule has 0 saturated carbocycles. The molecule has 1 unspecified atom stereocenters. The fourth-order valence-corrected chi connectivity index (χ4v) is 1.77. The first-order chi connectivity index (χ1) is 9.54. The molecule has 0 fully saturated rings. The highest BCUT2D eigenvalue weighted by atomic mass is 19.4. The van der Waals surface area contributed by atoms with E-state index in [0.29, 0.717) is 18.2 Å². The highest BCUT2D eigenvalue weighted by molar-refractivity contribution is 5.90. The summed E-state index contributed by atoms with van der Waals surface area (Å²) >= 11 is 0. The van der Waals surface area contributed by atoms with Crippen molar-refractivity contribution in [2.75, 3.05) is 0 Å². The molecule has 0 bridgehead atoms. The van der Waals surface area contributed by atoms with E-state index < -0.39 is 47.2 Å². The Hall–Kier alpha value is -2.19. The van der Waals surface area contributed by atoms with Crippen LogP contribution in [0.15, 0.2) is 18.2 Å². The molecule has 9 heteroatoms. The average Bonchev–Trinajstić information content (AvgIpc) is 2.34. The number of nitrogens with one attached hydrogen (secondary N) is 1. The first kappa shape index (κ1) is 16.9. The predicted molar refractivity (Wildman–Crippen MR) is 60.2 cm³/mol. The van der Waals surface area contributed by atoms with E-state index in [1.54, 1.807) is 0 Å². The molecule has 0 spiro atoms.